The number of carbonyl (C=O) groups excluding carboxylic acids is 2. The van der Waals surface area contributed by atoms with Crippen molar-refractivity contribution in [3.05, 3.63) is 28.4 Å². The van der Waals surface area contributed by atoms with Gasteiger partial charge in [0.25, 0.3) is 5.91 Å². The first kappa shape index (κ1) is 17.9. The third-order valence-electron chi connectivity index (χ3n) is 4.54. The first-order valence-electron chi connectivity index (χ1n) is 8.28. The fourth-order valence-corrected chi connectivity index (χ4v) is 3.78. The molecule has 7 heteroatoms. The number of nitrogens with one attached hydrogen (secondary N) is 1. The number of carbonyl (C=O) groups is 2. The van der Waals surface area contributed by atoms with Gasteiger partial charge in [-0.15, -0.1) is 0 Å². The smallest absolute Gasteiger partial charge is 0.286 e. The van der Waals surface area contributed by atoms with E-state index in [0.29, 0.717) is 16.7 Å². The van der Waals surface area contributed by atoms with Crippen LogP contribution in [-0.2, 0) is 4.79 Å². The van der Waals surface area contributed by atoms with E-state index in [1.807, 2.05) is 0 Å². The molecule has 1 fully saturated rings. The summed E-state index contributed by atoms with van der Waals surface area (Å²) < 4.78 is 6.37. The predicted molar refractivity (Wildman–Crippen MR) is 101 cm³/mol. The van der Waals surface area contributed by atoms with Crippen molar-refractivity contribution < 1.29 is 14.0 Å². The lowest BCUT2D eigenvalue weighted by Gasteiger charge is -2.36. The third-order valence-corrected chi connectivity index (χ3v) is 5.03. The Bertz CT molecular complexity index is 838. The number of rotatable bonds is 3. The molecule has 25 heavy (non-hydrogen) atoms. The number of nitrogens with two attached hydrogens (primary N) is 1. The third kappa shape index (κ3) is 3.43. The molecule has 0 bridgehead atoms. The Morgan fingerprint density at radius 1 is 1.36 bits per heavy atom. The van der Waals surface area contributed by atoms with Gasteiger partial charge in [-0.2, -0.15) is 0 Å². The quantitative estimate of drug-likeness (QED) is 0.814. The van der Waals surface area contributed by atoms with E-state index in [1.165, 1.54) is 0 Å². The van der Waals surface area contributed by atoms with E-state index in [0.717, 1.165) is 23.9 Å². The predicted octanol–water partition coefficient (Wildman–Crippen LogP) is 3.50. The SMILES string of the molecule is CC(C)(C)N1CCCC1C(=O)Nc1c(C(N)=O)oc2ccc(Br)cc12. The second kappa shape index (κ2) is 6.46. The van der Waals surface area contributed by atoms with Crippen molar-refractivity contribution in [1.82, 2.24) is 4.90 Å². The maximum atomic E-state index is 12.9. The van der Waals surface area contributed by atoms with Gasteiger partial charge in [-0.25, -0.2) is 0 Å². The highest BCUT2D eigenvalue weighted by Gasteiger charge is 2.37. The van der Waals surface area contributed by atoms with E-state index < -0.39 is 5.91 Å². The number of hydrogen-bond donors (Lipinski definition) is 2. The van der Waals surface area contributed by atoms with Gasteiger partial charge < -0.3 is 15.5 Å². The maximum Gasteiger partial charge on any atom is 0.286 e. The van der Waals surface area contributed by atoms with Crippen LogP contribution in [0.25, 0.3) is 11.0 Å². The van der Waals surface area contributed by atoms with Gasteiger partial charge in [-0.1, -0.05) is 15.9 Å². The molecule has 1 aromatic carbocycles. The molecule has 3 rings (SSSR count). The minimum absolute atomic E-state index is 0.0262. The maximum absolute atomic E-state index is 12.9. The Morgan fingerprint density at radius 3 is 2.72 bits per heavy atom. The summed E-state index contributed by atoms with van der Waals surface area (Å²) in [5.74, 6) is -0.874. The van der Waals surface area contributed by atoms with Crippen LogP contribution in [0.15, 0.2) is 27.1 Å². The number of halogens is 1. The number of primary amides is 1. The van der Waals surface area contributed by atoms with Crippen LogP contribution in [0.4, 0.5) is 5.69 Å². The van der Waals surface area contributed by atoms with Gasteiger partial charge in [-0.3, -0.25) is 14.5 Å². The van der Waals surface area contributed by atoms with Crippen LogP contribution in [0, 0.1) is 0 Å². The molecule has 0 radical (unpaired) electrons. The van der Waals surface area contributed by atoms with Crippen molar-refractivity contribution in [3.63, 3.8) is 0 Å². The van der Waals surface area contributed by atoms with E-state index in [-0.39, 0.29) is 23.2 Å². The molecule has 1 unspecified atom stereocenters. The molecular formula is C18H22BrN3O3. The second-order valence-corrected chi connectivity index (χ2v) is 8.24. The van der Waals surface area contributed by atoms with Gasteiger partial charge in [0.2, 0.25) is 11.7 Å². The standard InChI is InChI=1S/C18H22BrN3O3/c1-18(2,3)22-8-4-5-12(22)17(24)21-14-11-9-10(19)6-7-13(11)25-15(14)16(20)23/h6-7,9,12H,4-5,8H2,1-3H3,(H2,20,23)(H,21,24). The van der Waals surface area contributed by atoms with Gasteiger partial charge in [0.05, 0.1) is 6.04 Å². The van der Waals surface area contributed by atoms with Crippen LogP contribution in [0.2, 0.25) is 0 Å². The van der Waals surface area contributed by atoms with Gasteiger partial charge in [-0.05, 0) is 58.4 Å². The average Bonchev–Trinajstić information content (AvgIpc) is 3.12. The molecule has 1 atom stereocenters. The van der Waals surface area contributed by atoms with E-state index >= 15 is 0 Å². The molecule has 2 heterocycles. The summed E-state index contributed by atoms with van der Waals surface area (Å²) in [5.41, 5.74) is 6.18. The average molecular weight is 408 g/mol. The summed E-state index contributed by atoms with van der Waals surface area (Å²) in [7, 11) is 0. The molecular weight excluding hydrogens is 386 g/mol. The summed E-state index contributed by atoms with van der Waals surface area (Å²) in [6.07, 6.45) is 1.75. The number of likely N-dealkylation sites (tertiary alicyclic amines) is 1. The molecule has 3 N–H and O–H groups in total. The first-order chi connectivity index (χ1) is 11.7. The molecule has 1 aliphatic rings. The minimum atomic E-state index is -0.707. The summed E-state index contributed by atoms with van der Waals surface area (Å²) in [5, 5.41) is 3.54. The highest BCUT2D eigenvalue weighted by molar-refractivity contribution is 9.10. The first-order valence-corrected chi connectivity index (χ1v) is 9.07. The summed E-state index contributed by atoms with van der Waals surface area (Å²) in [6, 6.07) is 5.11. The van der Waals surface area contributed by atoms with Crippen LogP contribution >= 0.6 is 15.9 Å². The molecule has 0 aliphatic carbocycles. The topological polar surface area (TPSA) is 88.6 Å². The van der Waals surface area contributed by atoms with Crippen LogP contribution < -0.4 is 11.1 Å². The number of fused-ring (bicyclic) bond motifs is 1. The lowest BCUT2D eigenvalue weighted by molar-refractivity contribution is -0.121. The van der Waals surface area contributed by atoms with E-state index in [9.17, 15) is 9.59 Å². The van der Waals surface area contributed by atoms with Crippen LogP contribution in [-0.4, -0.2) is 34.8 Å². The molecule has 134 valence electrons. The zero-order chi connectivity index (χ0) is 18.4. The van der Waals surface area contributed by atoms with Crippen molar-refractivity contribution >= 4 is 44.4 Å². The summed E-state index contributed by atoms with van der Waals surface area (Å²) in [4.78, 5) is 26.9. The van der Waals surface area contributed by atoms with Crippen molar-refractivity contribution in [1.29, 1.82) is 0 Å². The molecule has 1 saturated heterocycles. The normalized spacial score (nSPS) is 18.6. The Hall–Kier alpha value is -1.86. The van der Waals surface area contributed by atoms with Crippen molar-refractivity contribution in [2.75, 3.05) is 11.9 Å². The Morgan fingerprint density at radius 2 is 2.08 bits per heavy atom. The summed E-state index contributed by atoms with van der Waals surface area (Å²) >= 11 is 3.40. The van der Waals surface area contributed by atoms with Crippen LogP contribution in [0.1, 0.15) is 44.2 Å². The Balaban J connectivity index is 1.97. The fourth-order valence-electron chi connectivity index (χ4n) is 3.42. The molecule has 1 aromatic heterocycles. The number of nitrogens with zero attached hydrogens (tertiary/aromatic N) is 1. The minimum Gasteiger partial charge on any atom is -0.449 e. The summed E-state index contributed by atoms with van der Waals surface area (Å²) in [6.45, 7) is 7.16. The number of furan rings is 1. The van der Waals surface area contributed by atoms with Gasteiger partial charge in [0, 0.05) is 15.4 Å². The number of anilines is 1. The zero-order valence-corrected chi connectivity index (χ0v) is 16.1. The lowest BCUT2D eigenvalue weighted by Crippen LogP contribution is -2.49. The molecule has 6 nitrogen and oxygen atoms in total. The highest BCUT2D eigenvalue weighted by atomic mass is 79.9. The number of hydrogen-bond acceptors (Lipinski definition) is 4. The van der Waals surface area contributed by atoms with Crippen molar-refractivity contribution in [2.45, 2.75) is 45.2 Å². The van der Waals surface area contributed by atoms with E-state index in [1.54, 1.807) is 18.2 Å². The van der Waals surface area contributed by atoms with Crippen LogP contribution in [0.3, 0.4) is 0 Å². The monoisotopic (exact) mass is 407 g/mol. The van der Waals surface area contributed by atoms with Gasteiger partial charge in [0.1, 0.15) is 11.3 Å². The van der Waals surface area contributed by atoms with Crippen molar-refractivity contribution in [3.8, 4) is 0 Å². The Labute approximate surface area is 154 Å². The van der Waals surface area contributed by atoms with E-state index in [4.69, 9.17) is 10.2 Å². The van der Waals surface area contributed by atoms with Crippen molar-refractivity contribution in [2.24, 2.45) is 5.73 Å². The van der Waals surface area contributed by atoms with Crippen LogP contribution in [0.5, 0.6) is 0 Å². The largest absolute Gasteiger partial charge is 0.449 e. The van der Waals surface area contributed by atoms with Gasteiger partial charge >= 0.3 is 0 Å². The molecule has 2 amide bonds. The fraction of sp³-hybridized carbons (Fsp3) is 0.444. The van der Waals surface area contributed by atoms with Gasteiger partial charge in [0.15, 0.2) is 0 Å². The Kier molecular flexibility index (Phi) is 4.64. The number of benzene rings is 1. The lowest BCUT2D eigenvalue weighted by atomic mass is 10.0. The molecule has 0 spiro atoms. The highest BCUT2D eigenvalue weighted by Crippen LogP contribution is 2.34. The zero-order valence-electron chi connectivity index (χ0n) is 14.6. The number of amides is 2. The molecule has 2 aromatic rings. The molecule has 1 aliphatic heterocycles. The second-order valence-electron chi connectivity index (χ2n) is 7.32. The molecule has 0 saturated carbocycles. The van der Waals surface area contributed by atoms with E-state index in [2.05, 4.69) is 46.9 Å².